The first-order valence-corrected chi connectivity index (χ1v) is 3.56. The van der Waals surface area contributed by atoms with Gasteiger partial charge in [0.2, 0.25) is 0 Å². The Hall–Kier alpha value is -0.340. The van der Waals surface area contributed by atoms with Crippen molar-refractivity contribution in [2.45, 2.75) is 32.5 Å². The van der Waals surface area contributed by atoms with Crippen molar-refractivity contribution in [3.8, 4) is 0 Å². The number of hydrogen-bond acceptors (Lipinski definition) is 2. The van der Waals surface area contributed by atoms with Crippen LogP contribution in [0, 0.1) is 5.92 Å². The Morgan fingerprint density at radius 3 is 2.20 bits per heavy atom. The molecule has 0 aliphatic carbocycles. The van der Waals surface area contributed by atoms with Crippen LogP contribution in [0.5, 0.6) is 0 Å². The summed E-state index contributed by atoms with van der Waals surface area (Å²) >= 11 is 0. The third kappa shape index (κ3) is 2.99. The molecule has 60 valence electrons. The van der Waals surface area contributed by atoms with Crippen LogP contribution in [0.2, 0.25) is 0 Å². The van der Waals surface area contributed by atoms with Gasteiger partial charge in [0, 0.05) is 5.92 Å². The predicted molar refractivity (Wildman–Crippen MR) is 41.7 cm³/mol. The van der Waals surface area contributed by atoms with Crippen molar-refractivity contribution in [1.29, 1.82) is 0 Å². The Bertz CT molecular complexity index is 99.4. The maximum atomic E-state index is 9.26. The van der Waals surface area contributed by atoms with Crippen LogP contribution >= 0.6 is 0 Å². The van der Waals surface area contributed by atoms with E-state index < -0.39 is 12.2 Å². The van der Waals surface area contributed by atoms with Gasteiger partial charge < -0.3 is 10.2 Å². The first kappa shape index (κ1) is 9.66. The van der Waals surface area contributed by atoms with Gasteiger partial charge in [0.1, 0.15) is 0 Å². The summed E-state index contributed by atoms with van der Waals surface area (Å²) in [5, 5.41) is 18.3. The third-order valence-electron chi connectivity index (χ3n) is 1.78. The van der Waals surface area contributed by atoms with E-state index in [9.17, 15) is 5.11 Å². The highest BCUT2D eigenvalue weighted by Gasteiger charge is 2.16. The van der Waals surface area contributed by atoms with E-state index in [0.29, 0.717) is 6.42 Å². The smallest absolute Gasteiger partial charge is 0.0624 e. The molecule has 10 heavy (non-hydrogen) atoms. The Morgan fingerprint density at radius 2 is 1.90 bits per heavy atom. The quantitative estimate of drug-likeness (QED) is 0.576. The third-order valence-corrected chi connectivity index (χ3v) is 1.78. The Morgan fingerprint density at radius 1 is 1.40 bits per heavy atom. The topological polar surface area (TPSA) is 40.5 Å². The van der Waals surface area contributed by atoms with Crippen LogP contribution in [0.25, 0.3) is 0 Å². The normalized spacial score (nSPS) is 19.6. The van der Waals surface area contributed by atoms with Crippen LogP contribution in [-0.2, 0) is 0 Å². The van der Waals surface area contributed by atoms with E-state index in [1.165, 1.54) is 0 Å². The summed E-state index contributed by atoms with van der Waals surface area (Å²) in [6, 6.07) is 0. The molecule has 0 fully saturated rings. The van der Waals surface area contributed by atoms with Crippen molar-refractivity contribution >= 4 is 0 Å². The van der Waals surface area contributed by atoms with Gasteiger partial charge in [0.25, 0.3) is 0 Å². The van der Waals surface area contributed by atoms with Crippen LogP contribution in [0.4, 0.5) is 0 Å². The molecule has 2 N–H and O–H groups in total. The number of aliphatic hydroxyl groups excluding tert-OH is 2. The Balaban J connectivity index is 3.68. The van der Waals surface area contributed by atoms with Gasteiger partial charge in [-0.05, 0) is 13.3 Å². The van der Waals surface area contributed by atoms with Gasteiger partial charge in [0.05, 0.1) is 12.2 Å². The van der Waals surface area contributed by atoms with Crippen molar-refractivity contribution in [2.75, 3.05) is 0 Å². The molecule has 0 aromatic carbocycles. The summed E-state index contributed by atoms with van der Waals surface area (Å²) in [6.45, 7) is 7.00. The molecular formula is C8H16O2. The molecule has 2 nitrogen and oxygen atoms in total. The lowest BCUT2D eigenvalue weighted by molar-refractivity contribution is 0.0335. The molecule has 0 saturated heterocycles. The van der Waals surface area contributed by atoms with Crippen LogP contribution in [0.3, 0.4) is 0 Å². The molecule has 0 aromatic heterocycles. The van der Waals surface area contributed by atoms with Gasteiger partial charge in [-0.2, -0.15) is 0 Å². The minimum absolute atomic E-state index is 0.0713. The van der Waals surface area contributed by atoms with Gasteiger partial charge >= 0.3 is 0 Å². The second-order valence-corrected chi connectivity index (χ2v) is 2.69. The number of aliphatic hydroxyl groups is 2. The van der Waals surface area contributed by atoms with Gasteiger partial charge in [-0.15, -0.1) is 6.58 Å². The van der Waals surface area contributed by atoms with Gasteiger partial charge in [-0.25, -0.2) is 0 Å². The lowest BCUT2D eigenvalue weighted by atomic mass is 9.97. The van der Waals surface area contributed by atoms with E-state index in [-0.39, 0.29) is 5.92 Å². The fourth-order valence-corrected chi connectivity index (χ4v) is 0.707. The minimum Gasteiger partial charge on any atom is -0.393 e. The van der Waals surface area contributed by atoms with E-state index in [1.54, 1.807) is 13.0 Å². The van der Waals surface area contributed by atoms with Crippen molar-refractivity contribution in [3.05, 3.63) is 12.7 Å². The molecule has 0 aliphatic heterocycles. The second kappa shape index (κ2) is 4.47. The molecule has 0 rings (SSSR count). The largest absolute Gasteiger partial charge is 0.393 e. The lowest BCUT2D eigenvalue weighted by Crippen LogP contribution is -2.26. The maximum absolute atomic E-state index is 9.26. The van der Waals surface area contributed by atoms with E-state index in [1.807, 2.05) is 6.92 Å². The fraction of sp³-hybridized carbons (Fsp3) is 0.750. The minimum atomic E-state index is -0.461. The van der Waals surface area contributed by atoms with E-state index in [2.05, 4.69) is 6.58 Å². The van der Waals surface area contributed by atoms with Crippen LogP contribution in [0.15, 0.2) is 12.7 Å². The summed E-state index contributed by atoms with van der Waals surface area (Å²) in [6.07, 6.45) is 1.29. The highest BCUT2D eigenvalue weighted by atomic mass is 16.3. The van der Waals surface area contributed by atoms with Crippen molar-refractivity contribution in [1.82, 2.24) is 0 Å². The number of hydrogen-bond donors (Lipinski definition) is 2. The Labute approximate surface area is 62.2 Å². The molecule has 2 heteroatoms. The van der Waals surface area contributed by atoms with Crippen LogP contribution in [0.1, 0.15) is 20.3 Å². The van der Waals surface area contributed by atoms with Crippen molar-refractivity contribution in [3.63, 3.8) is 0 Å². The van der Waals surface area contributed by atoms with Gasteiger partial charge in [0.15, 0.2) is 0 Å². The zero-order valence-corrected chi connectivity index (χ0v) is 6.62. The highest BCUT2D eigenvalue weighted by molar-refractivity contribution is 4.77. The van der Waals surface area contributed by atoms with Crippen LogP contribution < -0.4 is 0 Å². The van der Waals surface area contributed by atoms with E-state index >= 15 is 0 Å². The molecule has 0 amide bonds. The monoisotopic (exact) mass is 144 g/mol. The Kier molecular flexibility index (Phi) is 4.32. The highest BCUT2D eigenvalue weighted by Crippen LogP contribution is 2.11. The molecule has 0 bridgehead atoms. The van der Waals surface area contributed by atoms with Gasteiger partial charge in [-0.1, -0.05) is 13.0 Å². The molecule has 0 aromatic rings. The summed E-state index contributed by atoms with van der Waals surface area (Å²) in [4.78, 5) is 0. The van der Waals surface area contributed by atoms with Gasteiger partial charge in [-0.3, -0.25) is 0 Å². The first-order valence-electron chi connectivity index (χ1n) is 3.56. The fourth-order valence-electron chi connectivity index (χ4n) is 0.707. The molecule has 0 spiro atoms. The van der Waals surface area contributed by atoms with Crippen molar-refractivity contribution < 1.29 is 10.2 Å². The molecule has 0 saturated carbocycles. The van der Waals surface area contributed by atoms with Crippen LogP contribution in [-0.4, -0.2) is 22.4 Å². The second-order valence-electron chi connectivity index (χ2n) is 2.69. The standard InChI is InChI=1S/C8H16O2/c1-4-5-8(10)6(2)7(3)9/h4,6-10H,1,5H2,2-3H3/t6-,7+,8+/m0/s1. The molecule has 0 aliphatic rings. The summed E-state index contributed by atoms with van der Waals surface area (Å²) in [7, 11) is 0. The van der Waals surface area contributed by atoms with E-state index in [0.717, 1.165) is 0 Å². The summed E-state index contributed by atoms with van der Waals surface area (Å²) in [5.74, 6) is -0.0713. The molecule has 0 heterocycles. The zero-order valence-electron chi connectivity index (χ0n) is 6.62. The SMILES string of the molecule is C=CC[C@@H](O)[C@@H](C)[C@@H](C)O. The molecule has 3 atom stereocenters. The average Bonchev–Trinajstić information content (AvgIpc) is 1.87. The average molecular weight is 144 g/mol. The summed E-state index contributed by atoms with van der Waals surface area (Å²) < 4.78 is 0. The molecular weight excluding hydrogens is 128 g/mol. The molecule has 0 radical (unpaired) electrons. The summed E-state index contributed by atoms with van der Waals surface area (Å²) in [5.41, 5.74) is 0. The zero-order chi connectivity index (χ0) is 8.15. The first-order chi connectivity index (χ1) is 4.59. The lowest BCUT2D eigenvalue weighted by Gasteiger charge is -2.19. The van der Waals surface area contributed by atoms with E-state index in [4.69, 9.17) is 5.11 Å². The predicted octanol–water partition coefficient (Wildman–Crippen LogP) is 0.940. The maximum Gasteiger partial charge on any atom is 0.0624 e. The van der Waals surface area contributed by atoms with Crippen molar-refractivity contribution in [2.24, 2.45) is 5.92 Å². The molecule has 0 unspecified atom stereocenters. The number of rotatable bonds is 4.